The van der Waals surface area contributed by atoms with Crippen molar-refractivity contribution >= 4 is 9.84 Å². The predicted octanol–water partition coefficient (Wildman–Crippen LogP) is 5.25. The summed E-state index contributed by atoms with van der Waals surface area (Å²) in [6.45, 7) is 2.98. The van der Waals surface area contributed by atoms with Gasteiger partial charge in [-0.1, -0.05) is 30.3 Å². The molecule has 1 N–H and O–H groups in total. The van der Waals surface area contributed by atoms with E-state index in [9.17, 15) is 26.7 Å². The predicted molar refractivity (Wildman–Crippen MR) is 126 cm³/mol. The minimum absolute atomic E-state index is 0.0191. The van der Waals surface area contributed by atoms with Crippen molar-refractivity contribution in [2.24, 2.45) is 0 Å². The van der Waals surface area contributed by atoms with Crippen LogP contribution in [-0.4, -0.2) is 34.3 Å². The van der Waals surface area contributed by atoms with E-state index in [1.165, 1.54) is 61.1 Å². The Morgan fingerprint density at radius 1 is 0.943 bits per heavy atom. The summed E-state index contributed by atoms with van der Waals surface area (Å²) in [5.41, 5.74) is -0.988. The molecule has 2 aromatic carbocycles. The summed E-state index contributed by atoms with van der Waals surface area (Å²) in [7, 11) is -3.40. The van der Waals surface area contributed by atoms with Crippen LogP contribution in [0.5, 0.6) is 0 Å². The van der Waals surface area contributed by atoms with E-state index in [4.69, 9.17) is 0 Å². The normalized spacial score (nSPS) is 12.7. The highest BCUT2D eigenvalue weighted by molar-refractivity contribution is 7.90. The highest BCUT2D eigenvalue weighted by Gasteiger charge is 2.35. The van der Waals surface area contributed by atoms with Gasteiger partial charge >= 0.3 is 6.18 Å². The first-order valence-electron chi connectivity index (χ1n) is 10.5. The number of hydrogen-bond acceptors (Lipinski definition) is 5. The highest BCUT2D eigenvalue weighted by atomic mass is 32.2. The second-order valence-corrected chi connectivity index (χ2v) is 10.6. The van der Waals surface area contributed by atoms with Crippen LogP contribution in [0.15, 0.2) is 78.0 Å². The number of aliphatic hydroxyl groups is 1. The molecule has 0 radical (unpaired) electrons. The second-order valence-electron chi connectivity index (χ2n) is 8.63. The lowest BCUT2D eigenvalue weighted by atomic mass is 10.1. The molecule has 0 amide bonds. The number of alkyl halides is 3. The largest absolute Gasteiger partial charge is 0.417 e. The fourth-order valence-corrected chi connectivity index (χ4v) is 4.24. The van der Waals surface area contributed by atoms with Gasteiger partial charge in [0.15, 0.2) is 9.84 Å². The van der Waals surface area contributed by atoms with Gasteiger partial charge in [-0.3, -0.25) is 4.57 Å². The lowest BCUT2D eigenvalue weighted by Gasteiger charge is -2.14. The molecule has 2 heterocycles. The van der Waals surface area contributed by atoms with E-state index in [0.29, 0.717) is 11.1 Å². The van der Waals surface area contributed by atoms with Crippen LogP contribution in [0, 0.1) is 0 Å². The molecule has 4 aromatic rings. The van der Waals surface area contributed by atoms with E-state index in [0.717, 1.165) is 12.3 Å². The van der Waals surface area contributed by atoms with E-state index in [-0.39, 0.29) is 27.8 Å². The van der Waals surface area contributed by atoms with Gasteiger partial charge in [0, 0.05) is 29.8 Å². The third-order valence-electron chi connectivity index (χ3n) is 5.40. The lowest BCUT2D eigenvalue weighted by molar-refractivity contribution is -0.137. The van der Waals surface area contributed by atoms with Crippen molar-refractivity contribution in [2.45, 2.75) is 30.5 Å². The van der Waals surface area contributed by atoms with Gasteiger partial charge in [0.25, 0.3) is 0 Å². The van der Waals surface area contributed by atoms with Crippen molar-refractivity contribution in [1.82, 2.24) is 14.5 Å². The fraction of sp³-hybridized carbons (Fsp3) is 0.200. The number of halogens is 3. The maximum absolute atomic E-state index is 13.7. The Balaban J connectivity index is 1.84. The highest BCUT2D eigenvalue weighted by Crippen LogP contribution is 2.38. The summed E-state index contributed by atoms with van der Waals surface area (Å²) in [5, 5.41) is 10.5. The molecule has 0 bridgehead atoms. The van der Waals surface area contributed by atoms with E-state index in [1.807, 2.05) is 0 Å². The summed E-state index contributed by atoms with van der Waals surface area (Å²) in [4.78, 5) is 8.89. The lowest BCUT2D eigenvalue weighted by Crippen LogP contribution is -2.15. The van der Waals surface area contributed by atoms with Crippen molar-refractivity contribution in [3.63, 3.8) is 0 Å². The standard InChI is InChI=1S/C25H22F3N3O3S/c1-24(2,32)21-15-31(23(30-21)19-9-4-5-10-20(19)25(26,27)28)22-12-11-17(14-29-22)16-7-6-8-18(13-16)35(3,33)34/h4-15,32H,1-3H3. The molecule has 182 valence electrons. The molecule has 0 saturated heterocycles. The van der Waals surface area contributed by atoms with Gasteiger partial charge in [-0.05, 0) is 49.7 Å². The molecule has 0 aliphatic heterocycles. The SMILES string of the molecule is CC(C)(O)c1cn(-c2ccc(-c3cccc(S(C)(=O)=O)c3)cn2)c(-c2ccccc2C(F)(F)F)n1. The molecular formula is C25H22F3N3O3S. The Labute approximate surface area is 200 Å². The summed E-state index contributed by atoms with van der Waals surface area (Å²) in [6, 6.07) is 14.7. The summed E-state index contributed by atoms with van der Waals surface area (Å²) < 4.78 is 66.3. The summed E-state index contributed by atoms with van der Waals surface area (Å²) >= 11 is 0. The molecule has 0 spiro atoms. The number of pyridine rings is 1. The minimum atomic E-state index is -4.61. The van der Waals surface area contributed by atoms with E-state index in [2.05, 4.69) is 9.97 Å². The van der Waals surface area contributed by atoms with Crippen LogP contribution in [0.4, 0.5) is 13.2 Å². The minimum Gasteiger partial charge on any atom is -0.384 e. The quantitative estimate of drug-likeness (QED) is 0.404. The van der Waals surface area contributed by atoms with Gasteiger partial charge in [-0.2, -0.15) is 13.2 Å². The molecule has 0 atom stereocenters. The molecule has 0 fully saturated rings. The number of aromatic nitrogens is 3. The summed E-state index contributed by atoms with van der Waals surface area (Å²) in [6.07, 6.45) is -0.536. The van der Waals surface area contributed by atoms with Crippen LogP contribution in [0.2, 0.25) is 0 Å². The van der Waals surface area contributed by atoms with Crippen LogP contribution in [0.25, 0.3) is 28.3 Å². The van der Waals surface area contributed by atoms with E-state index < -0.39 is 27.2 Å². The zero-order valence-corrected chi connectivity index (χ0v) is 19.9. The van der Waals surface area contributed by atoms with Gasteiger partial charge < -0.3 is 5.11 Å². The molecule has 0 aliphatic rings. The molecule has 2 aromatic heterocycles. The molecule has 0 unspecified atom stereocenters. The first-order chi connectivity index (χ1) is 16.2. The van der Waals surface area contributed by atoms with Crippen molar-refractivity contribution < 1.29 is 26.7 Å². The third kappa shape index (κ3) is 5.13. The van der Waals surface area contributed by atoms with Crippen LogP contribution in [0.3, 0.4) is 0 Å². The Kier molecular flexibility index (Phi) is 6.06. The average molecular weight is 502 g/mol. The number of benzene rings is 2. The molecule has 0 saturated carbocycles. The molecule has 4 rings (SSSR count). The van der Waals surface area contributed by atoms with Gasteiger partial charge in [0.05, 0.1) is 16.2 Å². The van der Waals surface area contributed by atoms with Crippen LogP contribution in [0.1, 0.15) is 25.1 Å². The molecule has 0 aliphatic carbocycles. The van der Waals surface area contributed by atoms with Gasteiger partial charge in [-0.15, -0.1) is 0 Å². The Morgan fingerprint density at radius 2 is 1.66 bits per heavy atom. The second kappa shape index (κ2) is 8.62. The Bertz CT molecular complexity index is 1490. The topological polar surface area (TPSA) is 85.1 Å². The number of nitrogens with zero attached hydrogens (tertiary/aromatic N) is 3. The maximum atomic E-state index is 13.7. The first kappa shape index (κ1) is 24.6. The number of imidazole rings is 1. The Morgan fingerprint density at radius 3 is 2.26 bits per heavy atom. The van der Waals surface area contributed by atoms with Crippen molar-refractivity contribution in [3.05, 3.63) is 84.3 Å². The fourth-order valence-electron chi connectivity index (χ4n) is 3.57. The molecule has 35 heavy (non-hydrogen) atoms. The zero-order chi connectivity index (χ0) is 25.6. The van der Waals surface area contributed by atoms with Gasteiger partial charge in [-0.25, -0.2) is 18.4 Å². The van der Waals surface area contributed by atoms with Crippen LogP contribution < -0.4 is 0 Å². The number of hydrogen-bond donors (Lipinski definition) is 1. The third-order valence-corrected chi connectivity index (χ3v) is 6.51. The Hall–Kier alpha value is -3.50. The van der Waals surface area contributed by atoms with Crippen LogP contribution in [-0.2, 0) is 21.6 Å². The van der Waals surface area contributed by atoms with Crippen molar-refractivity contribution in [2.75, 3.05) is 6.26 Å². The van der Waals surface area contributed by atoms with Crippen molar-refractivity contribution in [1.29, 1.82) is 0 Å². The van der Waals surface area contributed by atoms with E-state index >= 15 is 0 Å². The first-order valence-corrected chi connectivity index (χ1v) is 12.4. The smallest absolute Gasteiger partial charge is 0.384 e. The van der Waals surface area contributed by atoms with Crippen molar-refractivity contribution in [3.8, 4) is 28.3 Å². The summed E-state index contributed by atoms with van der Waals surface area (Å²) in [5.74, 6) is 0.261. The molecular weight excluding hydrogens is 479 g/mol. The van der Waals surface area contributed by atoms with Gasteiger partial charge in [0.2, 0.25) is 0 Å². The maximum Gasteiger partial charge on any atom is 0.417 e. The average Bonchev–Trinajstić information content (AvgIpc) is 3.24. The van der Waals surface area contributed by atoms with Crippen LogP contribution >= 0.6 is 0 Å². The molecule has 6 nitrogen and oxygen atoms in total. The number of sulfone groups is 1. The molecule has 10 heteroatoms. The van der Waals surface area contributed by atoms with Gasteiger partial charge in [0.1, 0.15) is 17.2 Å². The van der Waals surface area contributed by atoms with E-state index in [1.54, 1.807) is 24.3 Å². The monoisotopic (exact) mass is 501 g/mol. The zero-order valence-electron chi connectivity index (χ0n) is 19.1. The number of rotatable bonds is 5.